The highest BCUT2D eigenvalue weighted by Crippen LogP contribution is 2.30. The molecular formula is C16H23NO2. The third kappa shape index (κ3) is 3.09. The monoisotopic (exact) mass is 261 g/mol. The Morgan fingerprint density at radius 3 is 2.42 bits per heavy atom. The number of carboxylic acids is 1. The zero-order valence-corrected chi connectivity index (χ0v) is 12.0. The molecule has 1 aliphatic carbocycles. The van der Waals surface area contributed by atoms with Crippen LogP contribution in [0.3, 0.4) is 0 Å². The van der Waals surface area contributed by atoms with Crippen LogP contribution in [-0.4, -0.2) is 24.2 Å². The van der Waals surface area contributed by atoms with E-state index in [4.69, 9.17) is 5.11 Å². The minimum Gasteiger partial charge on any atom is -0.478 e. The summed E-state index contributed by atoms with van der Waals surface area (Å²) in [7, 11) is 2.12. The van der Waals surface area contributed by atoms with Crippen molar-refractivity contribution < 1.29 is 9.90 Å². The van der Waals surface area contributed by atoms with Crippen LogP contribution in [0, 0.1) is 12.8 Å². The number of nitrogens with zero attached hydrogens (tertiary/aromatic N) is 1. The van der Waals surface area contributed by atoms with Crippen LogP contribution in [0.4, 0.5) is 5.69 Å². The summed E-state index contributed by atoms with van der Waals surface area (Å²) in [6, 6.07) is 6.22. The first-order valence-corrected chi connectivity index (χ1v) is 7.06. The van der Waals surface area contributed by atoms with Crippen LogP contribution in [0.1, 0.15) is 48.5 Å². The lowest BCUT2D eigenvalue weighted by atomic mass is 9.86. The van der Waals surface area contributed by atoms with Gasteiger partial charge in [0.1, 0.15) is 0 Å². The second kappa shape index (κ2) is 5.64. The lowest BCUT2D eigenvalue weighted by molar-refractivity contribution is 0.0696. The summed E-state index contributed by atoms with van der Waals surface area (Å²) >= 11 is 0. The van der Waals surface area contributed by atoms with E-state index in [2.05, 4.69) is 18.9 Å². The van der Waals surface area contributed by atoms with Gasteiger partial charge in [0.05, 0.1) is 5.56 Å². The van der Waals surface area contributed by atoms with Gasteiger partial charge in [-0.25, -0.2) is 4.79 Å². The molecule has 1 aliphatic rings. The molecule has 1 N–H and O–H groups in total. The van der Waals surface area contributed by atoms with Crippen LogP contribution in [0.25, 0.3) is 0 Å². The van der Waals surface area contributed by atoms with Crippen LogP contribution in [0.15, 0.2) is 18.2 Å². The van der Waals surface area contributed by atoms with Crippen molar-refractivity contribution in [3.63, 3.8) is 0 Å². The zero-order chi connectivity index (χ0) is 14.0. The van der Waals surface area contributed by atoms with Gasteiger partial charge in [-0.05, 0) is 62.3 Å². The van der Waals surface area contributed by atoms with Gasteiger partial charge in [0, 0.05) is 18.8 Å². The van der Waals surface area contributed by atoms with Crippen LogP contribution in [-0.2, 0) is 0 Å². The number of hydrogen-bond donors (Lipinski definition) is 1. The lowest BCUT2D eigenvalue weighted by Gasteiger charge is -2.35. The van der Waals surface area contributed by atoms with Gasteiger partial charge in [-0.3, -0.25) is 0 Å². The first-order valence-electron chi connectivity index (χ1n) is 7.06. The topological polar surface area (TPSA) is 40.5 Å². The molecule has 0 heterocycles. The maximum atomic E-state index is 11.0. The molecule has 0 unspecified atom stereocenters. The molecule has 3 heteroatoms. The predicted molar refractivity (Wildman–Crippen MR) is 78.0 cm³/mol. The van der Waals surface area contributed by atoms with Crippen molar-refractivity contribution in [2.75, 3.05) is 11.9 Å². The summed E-state index contributed by atoms with van der Waals surface area (Å²) in [6.45, 7) is 4.19. The quantitative estimate of drug-likeness (QED) is 0.901. The normalized spacial score (nSPS) is 23.1. The number of anilines is 1. The predicted octanol–water partition coefficient (Wildman–Crippen LogP) is 3.71. The third-order valence-corrected chi connectivity index (χ3v) is 4.38. The Bertz CT molecular complexity index is 462. The van der Waals surface area contributed by atoms with Crippen molar-refractivity contribution in [3.8, 4) is 0 Å². The molecule has 0 amide bonds. The average molecular weight is 261 g/mol. The van der Waals surface area contributed by atoms with E-state index < -0.39 is 5.97 Å². The number of rotatable bonds is 3. The largest absolute Gasteiger partial charge is 0.478 e. The second-order valence-electron chi connectivity index (χ2n) is 5.83. The molecule has 19 heavy (non-hydrogen) atoms. The molecule has 1 aromatic rings. The van der Waals surface area contributed by atoms with Gasteiger partial charge in [0.2, 0.25) is 0 Å². The highest BCUT2D eigenvalue weighted by molar-refractivity contribution is 5.89. The molecular weight excluding hydrogens is 238 g/mol. The Morgan fingerprint density at radius 2 is 1.89 bits per heavy atom. The maximum absolute atomic E-state index is 11.0. The molecule has 2 rings (SSSR count). The van der Waals surface area contributed by atoms with Crippen molar-refractivity contribution in [2.24, 2.45) is 5.92 Å². The van der Waals surface area contributed by atoms with Crippen molar-refractivity contribution in [1.29, 1.82) is 0 Å². The standard InChI is InChI=1S/C16H23NO2/c1-11-4-6-13(7-5-11)17(3)14-8-9-15(16(18)19)12(2)10-14/h8-11,13H,4-7H2,1-3H3,(H,18,19). The SMILES string of the molecule is Cc1cc(N(C)C2CCC(C)CC2)ccc1C(=O)O. The van der Waals surface area contributed by atoms with Crippen LogP contribution in [0.2, 0.25) is 0 Å². The Balaban J connectivity index is 2.13. The molecule has 1 saturated carbocycles. The number of carboxylic acid groups (broad SMARTS) is 1. The van der Waals surface area contributed by atoms with Crippen molar-refractivity contribution in [2.45, 2.75) is 45.6 Å². The van der Waals surface area contributed by atoms with E-state index in [9.17, 15) is 4.79 Å². The Morgan fingerprint density at radius 1 is 1.26 bits per heavy atom. The van der Waals surface area contributed by atoms with E-state index in [0.29, 0.717) is 11.6 Å². The van der Waals surface area contributed by atoms with Gasteiger partial charge >= 0.3 is 5.97 Å². The minimum absolute atomic E-state index is 0.398. The Labute approximate surface area is 115 Å². The first-order chi connectivity index (χ1) is 8.99. The molecule has 0 bridgehead atoms. The average Bonchev–Trinajstić information content (AvgIpc) is 2.38. The Kier molecular flexibility index (Phi) is 4.13. The van der Waals surface area contributed by atoms with Crippen LogP contribution in [0.5, 0.6) is 0 Å². The van der Waals surface area contributed by atoms with E-state index in [1.165, 1.54) is 25.7 Å². The molecule has 0 atom stereocenters. The molecule has 0 aliphatic heterocycles. The fourth-order valence-electron chi connectivity index (χ4n) is 2.95. The van der Waals surface area contributed by atoms with Crippen LogP contribution < -0.4 is 4.90 Å². The molecule has 0 aromatic heterocycles. The smallest absolute Gasteiger partial charge is 0.335 e. The summed E-state index contributed by atoms with van der Waals surface area (Å²) in [5.74, 6) is -0.000957. The number of aryl methyl sites for hydroxylation is 1. The highest BCUT2D eigenvalue weighted by Gasteiger charge is 2.22. The maximum Gasteiger partial charge on any atom is 0.335 e. The number of benzene rings is 1. The van der Waals surface area contributed by atoms with E-state index >= 15 is 0 Å². The van der Waals surface area contributed by atoms with Gasteiger partial charge < -0.3 is 10.0 Å². The van der Waals surface area contributed by atoms with E-state index in [0.717, 1.165) is 17.2 Å². The van der Waals surface area contributed by atoms with Gasteiger partial charge in [-0.15, -0.1) is 0 Å². The highest BCUT2D eigenvalue weighted by atomic mass is 16.4. The molecule has 104 valence electrons. The first kappa shape index (κ1) is 13.9. The van der Waals surface area contributed by atoms with Crippen molar-refractivity contribution in [3.05, 3.63) is 29.3 Å². The summed E-state index contributed by atoms with van der Waals surface area (Å²) in [5, 5.41) is 9.06. The molecule has 0 spiro atoms. The molecule has 1 aromatic carbocycles. The minimum atomic E-state index is -0.849. The van der Waals surface area contributed by atoms with Gasteiger partial charge in [-0.2, -0.15) is 0 Å². The number of hydrogen-bond acceptors (Lipinski definition) is 2. The Hall–Kier alpha value is -1.51. The van der Waals surface area contributed by atoms with E-state index in [1.807, 2.05) is 19.1 Å². The van der Waals surface area contributed by atoms with E-state index in [-0.39, 0.29) is 0 Å². The second-order valence-corrected chi connectivity index (χ2v) is 5.83. The van der Waals surface area contributed by atoms with Gasteiger partial charge in [0.15, 0.2) is 0 Å². The van der Waals surface area contributed by atoms with Crippen molar-refractivity contribution in [1.82, 2.24) is 0 Å². The zero-order valence-electron chi connectivity index (χ0n) is 12.0. The molecule has 0 radical (unpaired) electrons. The van der Waals surface area contributed by atoms with Crippen LogP contribution >= 0.6 is 0 Å². The third-order valence-electron chi connectivity index (χ3n) is 4.38. The summed E-state index contributed by atoms with van der Waals surface area (Å²) in [5.41, 5.74) is 2.36. The lowest BCUT2D eigenvalue weighted by Crippen LogP contribution is -2.34. The number of carbonyl (C=O) groups is 1. The molecule has 3 nitrogen and oxygen atoms in total. The summed E-state index contributed by atoms with van der Waals surface area (Å²) in [4.78, 5) is 13.3. The number of aromatic carboxylic acids is 1. The fourth-order valence-corrected chi connectivity index (χ4v) is 2.95. The van der Waals surface area contributed by atoms with E-state index in [1.54, 1.807) is 6.07 Å². The fraction of sp³-hybridized carbons (Fsp3) is 0.562. The summed E-state index contributed by atoms with van der Waals surface area (Å²) in [6.07, 6.45) is 5.05. The molecule has 0 saturated heterocycles. The van der Waals surface area contributed by atoms with Gasteiger partial charge in [0.25, 0.3) is 0 Å². The molecule has 1 fully saturated rings. The summed E-state index contributed by atoms with van der Waals surface area (Å²) < 4.78 is 0. The van der Waals surface area contributed by atoms with Crippen molar-refractivity contribution >= 4 is 11.7 Å². The van der Waals surface area contributed by atoms with Gasteiger partial charge in [-0.1, -0.05) is 6.92 Å².